The number of likely N-dealkylation sites (tertiary alicyclic amines) is 1. The molecule has 0 spiro atoms. The third-order valence-electron chi connectivity index (χ3n) is 6.64. The number of benzene rings is 2. The first-order valence-corrected chi connectivity index (χ1v) is 12.6. The van der Waals surface area contributed by atoms with Gasteiger partial charge < -0.3 is 15.5 Å². The van der Waals surface area contributed by atoms with Crippen molar-refractivity contribution >= 4 is 39.8 Å². The van der Waals surface area contributed by atoms with Crippen LogP contribution in [0, 0.1) is 0 Å². The van der Waals surface area contributed by atoms with Crippen LogP contribution in [-0.4, -0.2) is 44.3 Å². The van der Waals surface area contributed by atoms with Crippen LogP contribution >= 0.6 is 0 Å². The number of hydrogen-bond donors (Lipinski definition) is 2. The van der Waals surface area contributed by atoms with Gasteiger partial charge in [0.05, 0.1) is 11.7 Å². The van der Waals surface area contributed by atoms with Crippen molar-refractivity contribution in [1.82, 2.24) is 19.4 Å². The molecule has 4 heterocycles. The highest BCUT2D eigenvalue weighted by atomic mass is 16.2. The molecule has 0 unspecified atom stereocenters. The maximum Gasteiger partial charge on any atom is 0.272 e. The fourth-order valence-corrected chi connectivity index (χ4v) is 4.41. The molecular formula is C30H24N6O3. The molecule has 1 aliphatic heterocycles. The summed E-state index contributed by atoms with van der Waals surface area (Å²) in [5, 5.41) is 6.94. The van der Waals surface area contributed by atoms with E-state index in [0.29, 0.717) is 22.6 Å². The maximum absolute atomic E-state index is 12.9. The second kappa shape index (κ2) is 10.2. The van der Waals surface area contributed by atoms with E-state index in [1.165, 1.54) is 10.6 Å². The molecule has 3 aromatic heterocycles. The number of carbonyl (C=O) groups excluding carboxylic acids is 2. The van der Waals surface area contributed by atoms with Crippen LogP contribution in [0.1, 0.15) is 27.3 Å². The second-order valence-corrected chi connectivity index (χ2v) is 9.18. The van der Waals surface area contributed by atoms with E-state index in [4.69, 9.17) is 0 Å². The number of hydrogen-bond acceptors (Lipinski definition) is 6. The third kappa shape index (κ3) is 4.85. The minimum atomic E-state index is -0.488. The molecule has 9 heteroatoms. The SMILES string of the molecule is O=C(Nc1ccc(Nc2ccnc3cnc(C(=O)N4CCC4)cc23)cc1)c1cccn(-c2ccccc2)c1=O. The Hall–Kier alpha value is -5.31. The summed E-state index contributed by atoms with van der Waals surface area (Å²) < 4.78 is 1.44. The monoisotopic (exact) mass is 516 g/mol. The summed E-state index contributed by atoms with van der Waals surface area (Å²) >= 11 is 0. The smallest absolute Gasteiger partial charge is 0.272 e. The number of pyridine rings is 3. The Labute approximate surface area is 223 Å². The Morgan fingerprint density at radius 2 is 1.62 bits per heavy atom. The van der Waals surface area contributed by atoms with Gasteiger partial charge in [0.1, 0.15) is 11.3 Å². The van der Waals surface area contributed by atoms with Gasteiger partial charge in [-0.05, 0) is 67.1 Å². The van der Waals surface area contributed by atoms with Crippen molar-refractivity contribution in [2.24, 2.45) is 0 Å². The van der Waals surface area contributed by atoms with E-state index >= 15 is 0 Å². The molecule has 1 fully saturated rings. The Bertz CT molecular complexity index is 1750. The lowest BCUT2D eigenvalue weighted by Gasteiger charge is -2.30. The molecule has 1 saturated heterocycles. The molecule has 0 radical (unpaired) electrons. The normalized spacial score (nSPS) is 12.6. The Kier molecular flexibility index (Phi) is 6.30. The second-order valence-electron chi connectivity index (χ2n) is 9.18. The van der Waals surface area contributed by atoms with Gasteiger partial charge in [0.25, 0.3) is 17.4 Å². The molecule has 1 aliphatic rings. The largest absolute Gasteiger partial charge is 0.355 e. The predicted octanol–water partition coefficient (Wildman–Crippen LogP) is 4.62. The van der Waals surface area contributed by atoms with Gasteiger partial charge >= 0.3 is 0 Å². The van der Waals surface area contributed by atoms with Crippen molar-refractivity contribution in [2.75, 3.05) is 23.7 Å². The lowest BCUT2D eigenvalue weighted by atomic mass is 10.1. The molecule has 2 amide bonds. The minimum Gasteiger partial charge on any atom is -0.355 e. The summed E-state index contributed by atoms with van der Waals surface area (Å²) in [6.45, 7) is 1.51. The van der Waals surface area contributed by atoms with Crippen molar-refractivity contribution in [2.45, 2.75) is 6.42 Å². The van der Waals surface area contributed by atoms with Gasteiger partial charge in [0.15, 0.2) is 0 Å². The van der Waals surface area contributed by atoms with E-state index in [1.807, 2.05) is 48.5 Å². The first-order valence-electron chi connectivity index (χ1n) is 12.6. The molecule has 0 saturated carbocycles. The molecule has 0 atom stereocenters. The number of anilines is 3. The molecule has 5 aromatic rings. The lowest BCUT2D eigenvalue weighted by Crippen LogP contribution is -2.42. The van der Waals surface area contributed by atoms with Crippen LogP contribution in [0.4, 0.5) is 17.1 Å². The maximum atomic E-state index is 12.9. The van der Waals surface area contributed by atoms with Crippen LogP contribution in [0.5, 0.6) is 0 Å². The van der Waals surface area contributed by atoms with E-state index in [9.17, 15) is 14.4 Å². The minimum absolute atomic E-state index is 0.0454. The highest BCUT2D eigenvalue weighted by molar-refractivity contribution is 6.04. The molecule has 0 bridgehead atoms. The van der Waals surface area contributed by atoms with Gasteiger partial charge in [-0.25, -0.2) is 4.98 Å². The van der Waals surface area contributed by atoms with Crippen LogP contribution in [0.25, 0.3) is 16.6 Å². The van der Waals surface area contributed by atoms with Gasteiger partial charge in [-0.3, -0.25) is 23.9 Å². The summed E-state index contributed by atoms with van der Waals surface area (Å²) in [5.41, 5.74) is 3.50. The molecule has 9 nitrogen and oxygen atoms in total. The van der Waals surface area contributed by atoms with Crippen molar-refractivity contribution in [3.05, 3.63) is 119 Å². The number of rotatable bonds is 6. The van der Waals surface area contributed by atoms with Crippen LogP contribution in [-0.2, 0) is 0 Å². The number of amides is 2. The molecule has 6 rings (SSSR count). The van der Waals surface area contributed by atoms with Gasteiger partial charge in [-0.15, -0.1) is 0 Å². The first kappa shape index (κ1) is 24.1. The van der Waals surface area contributed by atoms with Crippen molar-refractivity contribution in [3.8, 4) is 5.69 Å². The van der Waals surface area contributed by atoms with Gasteiger partial charge in [-0.1, -0.05) is 18.2 Å². The Balaban J connectivity index is 1.19. The first-order chi connectivity index (χ1) is 19.1. The number of nitrogens with one attached hydrogen (secondary N) is 2. The van der Waals surface area contributed by atoms with Crippen molar-refractivity contribution in [3.63, 3.8) is 0 Å². The molecule has 2 aromatic carbocycles. The lowest BCUT2D eigenvalue weighted by molar-refractivity contribution is 0.0646. The Morgan fingerprint density at radius 3 is 2.36 bits per heavy atom. The number of nitrogens with zero attached hydrogens (tertiary/aromatic N) is 4. The van der Waals surface area contributed by atoms with Gasteiger partial charge in [0.2, 0.25) is 0 Å². The summed E-state index contributed by atoms with van der Waals surface area (Å²) in [5.74, 6) is -0.565. The summed E-state index contributed by atoms with van der Waals surface area (Å²) in [6, 6.07) is 23.1. The fraction of sp³-hybridized carbons (Fsp3) is 0.100. The van der Waals surface area contributed by atoms with Crippen LogP contribution in [0.15, 0.2) is 102 Å². The fourth-order valence-electron chi connectivity index (χ4n) is 4.41. The van der Waals surface area contributed by atoms with Crippen LogP contribution in [0.2, 0.25) is 0 Å². The molecule has 0 aliphatic carbocycles. The zero-order chi connectivity index (χ0) is 26.8. The van der Waals surface area contributed by atoms with E-state index in [1.54, 1.807) is 47.8 Å². The van der Waals surface area contributed by atoms with E-state index in [0.717, 1.165) is 36.3 Å². The summed E-state index contributed by atoms with van der Waals surface area (Å²) in [4.78, 5) is 49.0. The van der Waals surface area contributed by atoms with E-state index < -0.39 is 11.5 Å². The topological polar surface area (TPSA) is 109 Å². The van der Waals surface area contributed by atoms with E-state index in [-0.39, 0.29) is 11.5 Å². The number of aromatic nitrogens is 3. The Morgan fingerprint density at radius 1 is 0.846 bits per heavy atom. The standard InChI is InChI=1S/C30H24N6O3/c37-28(23-8-4-17-36(29(23)38)22-6-2-1-3-7-22)34-21-11-9-20(10-12-21)33-25-13-14-31-27-19-32-26(18-24(25)27)30(39)35-15-5-16-35/h1-4,6-14,17-19H,5,15-16H2,(H,31,33)(H,34,37). The molecule has 39 heavy (non-hydrogen) atoms. The van der Waals surface area contributed by atoms with Crippen LogP contribution < -0.4 is 16.2 Å². The van der Waals surface area contributed by atoms with Crippen molar-refractivity contribution < 1.29 is 9.59 Å². The van der Waals surface area contributed by atoms with Gasteiger partial charge in [-0.2, -0.15) is 0 Å². The van der Waals surface area contributed by atoms with Crippen LogP contribution in [0.3, 0.4) is 0 Å². The third-order valence-corrected chi connectivity index (χ3v) is 6.64. The number of fused-ring (bicyclic) bond motifs is 1. The predicted molar refractivity (Wildman–Crippen MR) is 150 cm³/mol. The average molecular weight is 517 g/mol. The number of para-hydroxylation sites is 1. The highest BCUT2D eigenvalue weighted by Gasteiger charge is 2.23. The van der Waals surface area contributed by atoms with Crippen molar-refractivity contribution in [1.29, 1.82) is 0 Å². The zero-order valence-corrected chi connectivity index (χ0v) is 20.9. The quantitative estimate of drug-likeness (QED) is 0.341. The van der Waals surface area contributed by atoms with E-state index in [2.05, 4.69) is 20.6 Å². The molecular weight excluding hydrogens is 492 g/mol. The number of carbonyl (C=O) groups is 2. The zero-order valence-electron chi connectivity index (χ0n) is 20.9. The highest BCUT2D eigenvalue weighted by Crippen LogP contribution is 2.27. The summed E-state index contributed by atoms with van der Waals surface area (Å²) in [7, 11) is 0. The molecule has 2 N–H and O–H groups in total. The van der Waals surface area contributed by atoms with Gasteiger partial charge in [0, 0.05) is 53.6 Å². The average Bonchev–Trinajstić information content (AvgIpc) is 2.93. The summed E-state index contributed by atoms with van der Waals surface area (Å²) in [6.07, 6.45) is 5.94. The molecule has 192 valence electrons.